The van der Waals surface area contributed by atoms with Gasteiger partial charge in [0.1, 0.15) is 0 Å². The number of amides is 1. The first kappa shape index (κ1) is 33.8. The zero-order valence-electron chi connectivity index (χ0n) is 26.6. The van der Waals surface area contributed by atoms with Gasteiger partial charge < -0.3 is 29.7 Å². The normalized spacial score (nSPS) is 21.7. The Labute approximate surface area is 271 Å². The number of carbonyl (C=O) groups is 2. The highest BCUT2D eigenvalue weighted by molar-refractivity contribution is 5.76. The molecule has 246 valence electrons. The maximum absolute atomic E-state index is 12.3. The van der Waals surface area contributed by atoms with E-state index < -0.39 is 12.3 Å². The summed E-state index contributed by atoms with van der Waals surface area (Å²) in [5.74, 6) is -0.920. The van der Waals surface area contributed by atoms with Gasteiger partial charge in [-0.1, -0.05) is 60.7 Å². The highest BCUT2D eigenvalue weighted by Gasteiger charge is 2.35. The highest BCUT2D eigenvalue weighted by Crippen LogP contribution is 2.39. The van der Waals surface area contributed by atoms with Crippen LogP contribution < -0.4 is 5.32 Å². The largest absolute Gasteiger partial charge is 0.481 e. The summed E-state index contributed by atoms with van der Waals surface area (Å²) >= 11 is 0. The summed E-state index contributed by atoms with van der Waals surface area (Å²) in [4.78, 5) is 25.5. The second kappa shape index (κ2) is 16.8. The third-order valence-electron chi connectivity index (χ3n) is 8.86. The number of hydrogen-bond acceptors (Lipinski definition) is 7. The molecule has 9 heteroatoms. The summed E-state index contributed by atoms with van der Waals surface area (Å²) in [5, 5.41) is 21.3. The Morgan fingerprint density at radius 1 is 0.935 bits per heavy atom. The number of carbonyl (C=O) groups excluding carboxylic acids is 1. The van der Waals surface area contributed by atoms with Gasteiger partial charge in [0.05, 0.1) is 25.4 Å². The number of methoxy groups -OCH3 is 1. The molecule has 0 bridgehead atoms. The maximum Gasteiger partial charge on any atom is 0.303 e. The number of rotatable bonds is 15. The van der Waals surface area contributed by atoms with Crippen molar-refractivity contribution >= 4 is 11.9 Å². The van der Waals surface area contributed by atoms with Crippen molar-refractivity contribution in [2.75, 3.05) is 26.8 Å². The van der Waals surface area contributed by atoms with Crippen molar-refractivity contribution in [2.24, 2.45) is 0 Å². The molecule has 3 aromatic rings. The molecule has 2 aliphatic heterocycles. The topological polar surface area (TPSA) is 118 Å². The monoisotopic (exact) mass is 630 g/mol. The molecule has 9 nitrogen and oxygen atoms in total. The van der Waals surface area contributed by atoms with Crippen LogP contribution in [0.15, 0.2) is 72.8 Å². The van der Waals surface area contributed by atoms with E-state index in [2.05, 4.69) is 34.5 Å². The summed E-state index contributed by atoms with van der Waals surface area (Å²) in [5.41, 5.74) is 5.91. The number of aliphatic carboxylic acids is 1. The lowest BCUT2D eigenvalue weighted by Crippen LogP contribution is -2.42. The molecule has 2 saturated heterocycles. The number of hydrogen-bond donors (Lipinski definition) is 3. The first-order valence-corrected chi connectivity index (χ1v) is 16.3. The van der Waals surface area contributed by atoms with Crippen LogP contribution >= 0.6 is 0 Å². The first-order valence-electron chi connectivity index (χ1n) is 16.3. The van der Waals surface area contributed by atoms with E-state index in [0.717, 1.165) is 72.3 Å². The lowest BCUT2D eigenvalue weighted by atomic mass is 9.98. The third-order valence-corrected chi connectivity index (χ3v) is 8.86. The van der Waals surface area contributed by atoms with Crippen LogP contribution in [0.1, 0.15) is 79.6 Å². The quantitative estimate of drug-likeness (QED) is 0.182. The number of likely N-dealkylation sites (tertiary alicyclic amines) is 1. The van der Waals surface area contributed by atoms with Crippen molar-refractivity contribution in [2.45, 2.75) is 82.6 Å². The van der Waals surface area contributed by atoms with E-state index in [1.54, 1.807) is 7.11 Å². The van der Waals surface area contributed by atoms with Crippen LogP contribution in [0.5, 0.6) is 0 Å². The number of aliphatic hydroxyl groups excluding tert-OH is 1. The van der Waals surface area contributed by atoms with Crippen molar-refractivity contribution < 1.29 is 34.0 Å². The SMILES string of the molecule is COC[C@@H]1CCCN1C[C@H]1C[C@@H](c2ccc(CO)cc2)O[C@@H](c2cccc(-c3cccc(CNC(=O)CCCCC(=O)O)c3)c2)O1. The van der Waals surface area contributed by atoms with Crippen LogP contribution in [-0.4, -0.2) is 65.9 Å². The predicted octanol–water partition coefficient (Wildman–Crippen LogP) is 5.76. The van der Waals surface area contributed by atoms with Gasteiger partial charge in [0.2, 0.25) is 5.91 Å². The minimum absolute atomic E-state index is 0.00493. The molecule has 5 rings (SSSR count). The van der Waals surface area contributed by atoms with Gasteiger partial charge >= 0.3 is 5.97 Å². The molecule has 0 spiro atoms. The van der Waals surface area contributed by atoms with Gasteiger partial charge in [0.15, 0.2) is 6.29 Å². The molecule has 2 heterocycles. The summed E-state index contributed by atoms with van der Waals surface area (Å²) < 4.78 is 18.8. The van der Waals surface area contributed by atoms with Crippen molar-refractivity contribution in [3.05, 3.63) is 95.1 Å². The van der Waals surface area contributed by atoms with Crippen molar-refractivity contribution in [1.29, 1.82) is 0 Å². The Kier molecular flexibility index (Phi) is 12.3. The van der Waals surface area contributed by atoms with Crippen LogP contribution in [0.3, 0.4) is 0 Å². The fraction of sp³-hybridized carbons (Fsp3) is 0.459. The molecule has 4 atom stereocenters. The average molecular weight is 631 g/mol. The molecule has 2 aliphatic rings. The fourth-order valence-electron chi connectivity index (χ4n) is 6.39. The Balaban J connectivity index is 1.29. The van der Waals surface area contributed by atoms with Crippen LogP contribution in [0.2, 0.25) is 0 Å². The Hall–Kier alpha value is -3.60. The Bertz CT molecular complexity index is 1430. The number of ether oxygens (including phenoxy) is 3. The molecule has 0 saturated carbocycles. The average Bonchev–Trinajstić information content (AvgIpc) is 3.52. The number of aliphatic hydroxyl groups is 1. The molecular weight excluding hydrogens is 584 g/mol. The molecule has 0 aliphatic carbocycles. The number of nitrogens with zero attached hydrogens (tertiary/aromatic N) is 1. The van der Waals surface area contributed by atoms with Gasteiger partial charge in [-0.2, -0.15) is 0 Å². The summed E-state index contributed by atoms with van der Waals surface area (Å²) in [6.07, 6.45) is 3.73. The zero-order valence-corrected chi connectivity index (χ0v) is 26.6. The number of carboxylic acid groups (broad SMARTS) is 1. The second-order valence-corrected chi connectivity index (χ2v) is 12.3. The minimum atomic E-state index is -0.839. The van der Waals surface area contributed by atoms with Gasteiger partial charge in [0, 0.05) is 51.1 Å². The molecule has 0 aromatic heterocycles. The lowest BCUT2D eigenvalue weighted by molar-refractivity contribution is -0.253. The van der Waals surface area contributed by atoms with Crippen molar-refractivity contribution in [3.63, 3.8) is 0 Å². The van der Waals surface area contributed by atoms with Crippen molar-refractivity contribution in [3.8, 4) is 11.1 Å². The lowest BCUT2D eigenvalue weighted by Gasteiger charge is -2.39. The highest BCUT2D eigenvalue weighted by atomic mass is 16.7. The first-order chi connectivity index (χ1) is 22.4. The number of carboxylic acids is 1. The van der Waals surface area contributed by atoms with E-state index in [9.17, 15) is 14.7 Å². The van der Waals surface area contributed by atoms with Gasteiger partial charge in [-0.05, 0) is 72.2 Å². The maximum atomic E-state index is 12.3. The second-order valence-electron chi connectivity index (χ2n) is 12.3. The van der Waals surface area contributed by atoms with E-state index in [1.807, 2.05) is 48.5 Å². The molecule has 1 amide bonds. The van der Waals surface area contributed by atoms with Crippen LogP contribution in [0.25, 0.3) is 11.1 Å². The van der Waals surface area contributed by atoms with Crippen LogP contribution in [0, 0.1) is 0 Å². The predicted molar refractivity (Wildman–Crippen MR) is 175 cm³/mol. The molecule has 3 N–H and O–H groups in total. The minimum Gasteiger partial charge on any atom is -0.481 e. The fourth-order valence-corrected chi connectivity index (χ4v) is 6.39. The number of unbranched alkanes of at least 4 members (excludes halogenated alkanes) is 1. The van der Waals surface area contributed by atoms with Crippen LogP contribution in [0.4, 0.5) is 0 Å². The summed E-state index contributed by atoms with van der Waals surface area (Å²) in [6.45, 7) is 2.97. The molecule has 0 unspecified atom stereocenters. The van der Waals surface area contributed by atoms with E-state index in [1.165, 1.54) is 0 Å². The Morgan fingerprint density at radius 2 is 1.70 bits per heavy atom. The van der Waals surface area contributed by atoms with Gasteiger partial charge in [-0.25, -0.2) is 0 Å². The molecule has 3 aromatic carbocycles. The number of benzene rings is 3. The smallest absolute Gasteiger partial charge is 0.303 e. The Morgan fingerprint density at radius 3 is 2.46 bits per heavy atom. The van der Waals surface area contributed by atoms with E-state index in [-0.39, 0.29) is 31.1 Å². The zero-order chi connectivity index (χ0) is 32.3. The molecule has 46 heavy (non-hydrogen) atoms. The van der Waals surface area contributed by atoms with Gasteiger partial charge in [-0.3, -0.25) is 14.5 Å². The third kappa shape index (κ3) is 9.47. The summed E-state index contributed by atoms with van der Waals surface area (Å²) in [6, 6.07) is 24.7. The molecule has 0 radical (unpaired) electrons. The molecule has 2 fully saturated rings. The van der Waals surface area contributed by atoms with E-state index >= 15 is 0 Å². The van der Waals surface area contributed by atoms with Crippen molar-refractivity contribution in [1.82, 2.24) is 10.2 Å². The van der Waals surface area contributed by atoms with Gasteiger partial charge in [0.25, 0.3) is 0 Å². The number of nitrogens with one attached hydrogen (secondary N) is 1. The van der Waals surface area contributed by atoms with Crippen LogP contribution in [-0.2, 0) is 37.0 Å². The van der Waals surface area contributed by atoms with E-state index in [0.29, 0.717) is 31.8 Å². The standard InChI is InChI=1S/C37H46N2O7/c1-44-25-32-11-6-18-39(32)23-33-21-34(28-16-14-26(24-40)15-17-28)46-37(45-33)31-10-5-9-30(20-31)29-8-4-7-27(19-29)22-38-35(41)12-2-3-13-36(42)43/h4-5,7-10,14-17,19-20,32-34,37,40H,2-3,6,11-13,18,21-25H2,1H3,(H,38,41)(H,42,43)/t32-,33+,34-,37-/m0/s1. The summed E-state index contributed by atoms with van der Waals surface area (Å²) in [7, 11) is 1.76. The van der Waals surface area contributed by atoms with Gasteiger partial charge in [-0.15, -0.1) is 0 Å². The van der Waals surface area contributed by atoms with E-state index in [4.69, 9.17) is 19.3 Å². The molecular formula is C37H46N2O7.